The van der Waals surface area contributed by atoms with E-state index in [1.807, 2.05) is 24.6 Å². The summed E-state index contributed by atoms with van der Waals surface area (Å²) in [4.78, 5) is 0. The van der Waals surface area contributed by atoms with Crippen LogP contribution in [0, 0.1) is 6.92 Å². The molecular weight excluding hydrogens is 250 g/mol. The van der Waals surface area contributed by atoms with Crippen LogP contribution in [-0.4, -0.2) is 9.78 Å². The van der Waals surface area contributed by atoms with Crippen LogP contribution in [-0.2, 0) is 19.4 Å². The van der Waals surface area contributed by atoms with Gasteiger partial charge in [-0.2, -0.15) is 5.10 Å². The van der Waals surface area contributed by atoms with E-state index in [-0.39, 0.29) is 0 Å². The van der Waals surface area contributed by atoms with Crippen LogP contribution in [0.1, 0.15) is 36.6 Å². The number of fused-ring (bicyclic) bond motifs is 1. The quantitative estimate of drug-likeness (QED) is 0.930. The summed E-state index contributed by atoms with van der Waals surface area (Å²) in [7, 11) is 0. The van der Waals surface area contributed by atoms with Crippen molar-refractivity contribution >= 4 is 5.69 Å². The smallest absolute Gasteiger partial charge is 0.241 e. The molecule has 1 aliphatic rings. The lowest BCUT2D eigenvalue weighted by molar-refractivity contribution is 0.417. The molecule has 0 saturated carbocycles. The first-order valence-corrected chi connectivity index (χ1v) is 7.31. The van der Waals surface area contributed by atoms with Crippen LogP contribution in [0.2, 0.25) is 0 Å². The van der Waals surface area contributed by atoms with Gasteiger partial charge in [0.2, 0.25) is 5.88 Å². The van der Waals surface area contributed by atoms with E-state index in [4.69, 9.17) is 10.5 Å². The maximum Gasteiger partial charge on any atom is 0.241 e. The predicted octanol–water partition coefficient (Wildman–Crippen LogP) is 3.46. The van der Waals surface area contributed by atoms with Crippen molar-refractivity contribution in [3.63, 3.8) is 0 Å². The summed E-state index contributed by atoms with van der Waals surface area (Å²) in [6.07, 6.45) is 4.89. The Morgan fingerprint density at radius 3 is 2.75 bits per heavy atom. The topological polar surface area (TPSA) is 53.1 Å². The average molecular weight is 271 g/mol. The van der Waals surface area contributed by atoms with Crippen molar-refractivity contribution < 1.29 is 4.74 Å². The Kier molecular flexibility index (Phi) is 3.38. The first-order valence-electron chi connectivity index (χ1n) is 7.31. The minimum atomic E-state index is 0.629. The Hall–Kier alpha value is -1.97. The molecule has 2 N–H and O–H groups in total. The molecule has 0 radical (unpaired) electrons. The van der Waals surface area contributed by atoms with Gasteiger partial charge in [-0.05, 0) is 62.8 Å². The van der Waals surface area contributed by atoms with Gasteiger partial charge in [0.1, 0.15) is 11.4 Å². The fourth-order valence-electron chi connectivity index (χ4n) is 2.78. The van der Waals surface area contributed by atoms with E-state index in [0.717, 1.165) is 24.4 Å². The number of aryl methyl sites for hydroxylation is 4. The van der Waals surface area contributed by atoms with Gasteiger partial charge in [0.15, 0.2) is 0 Å². The van der Waals surface area contributed by atoms with E-state index in [1.165, 1.54) is 30.4 Å². The number of nitrogens with two attached hydrogens (primary N) is 1. The zero-order valence-electron chi connectivity index (χ0n) is 12.1. The molecule has 1 aliphatic carbocycles. The number of anilines is 1. The molecule has 1 aromatic carbocycles. The number of ether oxygens (including phenoxy) is 1. The van der Waals surface area contributed by atoms with Crippen molar-refractivity contribution in [2.75, 3.05) is 5.73 Å². The van der Waals surface area contributed by atoms with Gasteiger partial charge in [0.25, 0.3) is 0 Å². The van der Waals surface area contributed by atoms with Crippen molar-refractivity contribution in [2.24, 2.45) is 0 Å². The molecule has 2 aromatic rings. The van der Waals surface area contributed by atoms with Crippen LogP contribution in [0.15, 0.2) is 18.2 Å². The number of hydrogen-bond acceptors (Lipinski definition) is 3. The summed E-state index contributed by atoms with van der Waals surface area (Å²) in [5.74, 6) is 1.51. The molecule has 20 heavy (non-hydrogen) atoms. The van der Waals surface area contributed by atoms with Crippen LogP contribution in [0.4, 0.5) is 5.69 Å². The van der Waals surface area contributed by atoms with Crippen molar-refractivity contribution in [3.8, 4) is 11.6 Å². The van der Waals surface area contributed by atoms with Gasteiger partial charge in [-0.3, -0.25) is 0 Å². The summed E-state index contributed by atoms with van der Waals surface area (Å²) >= 11 is 0. The molecule has 3 rings (SSSR count). The minimum Gasteiger partial charge on any atom is -0.437 e. The number of nitrogens with zero attached hydrogens (tertiary/aromatic N) is 2. The maximum absolute atomic E-state index is 6.06. The van der Waals surface area contributed by atoms with Gasteiger partial charge < -0.3 is 10.5 Å². The monoisotopic (exact) mass is 271 g/mol. The third kappa shape index (κ3) is 2.26. The molecule has 0 unspecified atom stereocenters. The van der Waals surface area contributed by atoms with Gasteiger partial charge >= 0.3 is 0 Å². The predicted molar refractivity (Wildman–Crippen MR) is 80.2 cm³/mol. The average Bonchev–Trinajstić information content (AvgIpc) is 2.75. The van der Waals surface area contributed by atoms with Crippen molar-refractivity contribution in [1.29, 1.82) is 0 Å². The van der Waals surface area contributed by atoms with Crippen molar-refractivity contribution in [1.82, 2.24) is 9.78 Å². The molecule has 4 heteroatoms. The van der Waals surface area contributed by atoms with E-state index in [0.29, 0.717) is 11.6 Å². The van der Waals surface area contributed by atoms with Crippen LogP contribution < -0.4 is 10.5 Å². The van der Waals surface area contributed by atoms with Gasteiger partial charge in [0.05, 0.1) is 5.69 Å². The van der Waals surface area contributed by atoms with Gasteiger partial charge in [-0.25, -0.2) is 4.68 Å². The number of benzene rings is 1. The first-order chi connectivity index (χ1) is 9.69. The molecule has 0 atom stereocenters. The Morgan fingerprint density at radius 2 is 2.00 bits per heavy atom. The Morgan fingerprint density at radius 1 is 1.25 bits per heavy atom. The number of hydrogen-bond donors (Lipinski definition) is 1. The Bertz CT molecular complexity index is 631. The second kappa shape index (κ2) is 5.19. The van der Waals surface area contributed by atoms with Crippen LogP contribution in [0.25, 0.3) is 0 Å². The lowest BCUT2D eigenvalue weighted by atomic mass is 9.92. The second-order valence-corrected chi connectivity index (χ2v) is 5.36. The van der Waals surface area contributed by atoms with Gasteiger partial charge in [-0.1, -0.05) is 6.07 Å². The highest BCUT2D eigenvalue weighted by Gasteiger charge is 2.15. The fraction of sp³-hybridized carbons (Fsp3) is 0.438. The van der Waals surface area contributed by atoms with E-state index in [1.54, 1.807) is 0 Å². The lowest BCUT2D eigenvalue weighted by Crippen LogP contribution is -2.04. The lowest BCUT2D eigenvalue weighted by Gasteiger charge is -2.17. The Labute approximate surface area is 119 Å². The maximum atomic E-state index is 6.06. The standard InChI is InChI=1S/C16H21N3O/c1-3-19-16(15(17)11(2)18-19)20-14-9-8-12-6-4-5-7-13(12)10-14/h8-10H,3-7,17H2,1-2H3. The van der Waals surface area contributed by atoms with E-state index in [2.05, 4.69) is 17.2 Å². The number of aromatic nitrogens is 2. The summed E-state index contributed by atoms with van der Waals surface area (Å²) in [5.41, 5.74) is 10.4. The van der Waals surface area contributed by atoms with Crippen molar-refractivity contribution in [2.45, 2.75) is 46.1 Å². The number of nitrogen functional groups attached to an aromatic ring is 1. The molecule has 1 aromatic heterocycles. The molecule has 4 nitrogen and oxygen atoms in total. The third-order valence-electron chi connectivity index (χ3n) is 3.96. The summed E-state index contributed by atoms with van der Waals surface area (Å²) < 4.78 is 7.80. The molecule has 0 spiro atoms. The fourth-order valence-corrected chi connectivity index (χ4v) is 2.78. The van der Waals surface area contributed by atoms with Gasteiger partial charge in [0, 0.05) is 6.54 Å². The summed E-state index contributed by atoms with van der Waals surface area (Å²) in [6, 6.07) is 6.36. The minimum absolute atomic E-state index is 0.629. The van der Waals surface area contributed by atoms with Crippen molar-refractivity contribution in [3.05, 3.63) is 35.0 Å². The van der Waals surface area contributed by atoms with Gasteiger partial charge in [-0.15, -0.1) is 0 Å². The number of rotatable bonds is 3. The molecule has 0 saturated heterocycles. The van der Waals surface area contributed by atoms with E-state index in [9.17, 15) is 0 Å². The molecule has 0 amide bonds. The summed E-state index contributed by atoms with van der Waals surface area (Å²) in [5, 5.41) is 4.38. The molecular formula is C16H21N3O. The molecule has 0 fully saturated rings. The van der Waals surface area contributed by atoms with Crippen LogP contribution in [0.5, 0.6) is 11.6 Å². The highest BCUT2D eigenvalue weighted by atomic mass is 16.5. The zero-order valence-corrected chi connectivity index (χ0v) is 12.1. The van der Waals surface area contributed by atoms with Crippen LogP contribution >= 0.6 is 0 Å². The summed E-state index contributed by atoms with van der Waals surface area (Å²) in [6.45, 7) is 4.69. The zero-order chi connectivity index (χ0) is 14.1. The SMILES string of the molecule is CCn1nc(C)c(N)c1Oc1ccc2c(c1)CCCC2. The molecule has 0 aliphatic heterocycles. The highest BCUT2D eigenvalue weighted by molar-refractivity contribution is 5.54. The van der Waals surface area contributed by atoms with E-state index < -0.39 is 0 Å². The largest absolute Gasteiger partial charge is 0.437 e. The highest BCUT2D eigenvalue weighted by Crippen LogP contribution is 2.32. The molecule has 0 bridgehead atoms. The second-order valence-electron chi connectivity index (χ2n) is 5.36. The van der Waals surface area contributed by atoms with E-state index >= 15 is 0 Å². The molecule has 106 valence electrons. The normalized spacial score (nSPS) is 14.1. The Balaban J connectivity index is 1.91. The molecule has 1 heterocycles. The van der Waals surface area contributed by atoms with Crippen LogP contribution in [0.3, 0.4) is 0 Å². The first kappa shape index (κ1) is 13.0. The third-order valence-corrected chi connectivity index (χ3v) is 3.96.